The average Bonchev–Trinajstić information content (AvgIpc) is 3.09. The van der Waals surface area contributed by atoms with Crippen LogP contribution in [0.3, 0.4) is 0 Å². The molecule has 5 nitrogen and oxygen atoms in total. The van der Waals surface area contributed by atoms with Gasteiger partial charge >= 0.3 is 0 Å². The van der Waals surface area contributed by atoms with Crippen LogP contribution in [0.1, 0.15) is 11.1 Å². The van der Waals surface area contributed by atoms with E-state index in [0.29, 0.717) is 5.02 Å². The predicted octanol–water partition coefficient (Wildman–Crippen LogP) is 4.43. The fraction of sp³-hybridized carbons (Fsp3) is 0.150. The number of hydrogen-bond donors (Lipinski definition) is 1. The Morgan fingerprint density at radius 1 is 1.08 bits per heavy atom. The molecule has 26 heavy (non-hydrogen) atoms. The van der Waals surface area contributed by atoms with E-state index >= 15 is 0 Å². The van der Waals surface area contributed by atoms with E-state index in [1.54, 1.807) is 17.2 Å². The van der Waals surface area contributed by atoms with Crippen LogP contribution in [0, 0.1) is 6.92 Å². The van der Waals surface area contributed by atoms with Gasteiger partial charge in [-0.25, -0.2) is 14.6 Å². The number of anilines is 1. The third kappa shape index (κ3) is 3.26. The number of fused-ring (bicyclic) bond motifs is 1. The third-order valence-electron chi connectivity index (χ3n) is 4.31. The van der Waals surface area contributed by atoms with E-state index in [1.807, 2.05) is 31.2 Å². The van der Waals surface area contributed by atoms with Crippen molar-refractivity contribution in [1.29, 1.82) is 0 Å². The molecule has 0 spiro atoms. The molecule has 0 saturated carbocycles. The number of hydrogen-bond acceptors (Lipinski definition) is 4. The molecule has 6 heteroatoms. The summed E-state index contributed by atoms with van der Waals surface area (Å²) >= 11 is 6.16. The molecule has 1 N–H and O–H groups in total. The predicted molar refractivity (Wildman–Crippen MR) is 105 cm³/mol. The molecule has 0 radical (unpaired) electrons. The maximum Gasteiger partial charge on any atom is 0.168 e. The first-order valence-electron chi connectivity index (χ1n) is 8.45. The van der Waals surface area contributed by atoms with Crippen molar-refractivity contribution in [1.82, 2.24) is 19.7 Å². The minimum absolute atomic E-state index is 0.671. The Morgan fingerprint density at radius 2 is 1.92 bits per heavy atom. The van der Waals surface area contributed by atoms with Crippen LogP contribution in [0.25, 0.3) is 16.7 Å². The zero-order valence-corrected chi connectivity index (χ0v) is 15.1. The van der Waals surface area contributed by atoms with Crippen molar-refractivity contribution >= 4 is 28.5 Å². The number of rotatable bonds is 5. The van der Waals surface area contributed by atoms with E-state index in [4.69, 9.17) is 11.6 Å². The number of benzene rings is 2. The highest BCUT2D eigenvalue weighted by Crippen LogP contribution is 2.25. The summed E-state index contributed by atoms with van der Waals surface area (Å²) in [5, 5.41) is 9.47. The van der Waals surface area contributed by atoms with Gasteiger partial charge in [-0.05, 0) is 36.6 Å². The van der Waals surface area contributed by atoms with Crippen molar-refractivity contribution in [3.8, 4) is 5.69 Å². The first-order chi connectivity index (χ1) is 12.7. The van der Waals surface area contributed by atoms with Gasteiger partial charge in [-0.3, -0.25) is 0 Å². The monoisotopic (exact) mass is 363 g/mol. The minimum Gasteiger partial charge on any atom is -0.369 e. The lowest BCUT2D eigenvalue weighted by Crippen LogP contribution is -2.07. The minimum atomic E-state index is 0.671. The van der Waals surface area contributed by atoms with E-state index in [-0.39, 0.29) is 0 Å². The van der Waals surface area contributed by atoms with Gasteiger partial charge in [0.1, 0.15) is 12.1 Å². The molecule has 4 rings (SSSR count). The molecule has 0 atom stereocenters. The Kier molecular flexibility index (Phi) is 4.54. The molecule has 0 aliphatic carbocycles. The van der Waals surface area contributed by atoms with Crippen molar-refractivity contribution in [3.63, 3.8) is 0 Å². The molecular weight excluding hydrogens is 346 g/mol. The highest BCUT2D eigenvalue weighted by molar-refractivity contribution is 6.30. The molecule has 0 aliphatic rings. The number of nitrogens with one attached hydrogen (secondary N) is 1. The van der Waals surface area contributed by atoms with Crippen LogP contribution >= 0.6 is 11.6 Å². The second-order valence-electron chi connectivity index (χ2n) is 6.11. The standard InChI is InChI=1S/C20H18ClN5/c1-14-7-8-16(21)11-18(14)26-20-17(12-25-26)19(23-13-24-20)22-10-9-15-5-3-2-4-6-15/h2-8,11-13H,9-10H2,1H3,(H,22,23,24). The Balaban J connectivity index is 1.62. The van der Waals surface area contributed by atoms with Crippen LogP contribution in [-0.2, 0) is 6.42 Å². The van der Waals surface area contributed by atoms with Gasteiger partial charge in [0.05, 0.1) is 17.3 Å². The Labute approximate surface area is 156 Å². The second kappa shape index (κ2) is 7.14. The topological polar surface area (TPSA) is 55.6 Å². The van der Waals surface area contributed by atoms with Crippen molar-refractivity contribution in [3.05, 3.63) is 77.2 Å². The molecule has 2 aromatic heterocycles. The fourth-order valence-corrected chi connectivity index (χ4v) is 3.11. The first-order valence-corrected chi connectivity index (χ1v) is 8.83. The van der Waals surface area contributed by atoms with Crippen LogP contribution in [-0.4, -0.2) is 26.3 Å². The summed E-state index contributed by atoms with van der Waals surface area (Å²) in [6.45, 7) is 2.82. The first kappa shape index (κ1) is 16.5. The largest absolute Gasteiger partial charge is 0.369 e. The lowest BCUT2D eigenvalue weighted by Gasteiger charge is -2.09. The van der Waals surface area contributed by atoms with Crippen molar-refractivity contribution in [2.75, 3.05) is 11.9 Å². The average molecular weight is 364 g/mol. The summed E-state index contributed by atoms with van der Waals surface area (Å²) in [5.74, 6) is 0.789. The molecule has 2 aromatic carbocycles. The quantitative estimate of drug-likeness (QED) is 0.569. The number of aromatic nitrogens is 4. The molecule has 0 unspecified atom stereocenters. The zero-order valence-electron chi connectivity index (χ0n) is 14.4. The molecule has 4 aromatic rings. The summed E-state index contributed by atoms with van der Waals surface area (Å²) in [7, 11) is 0. The SMILES string of the molecule is Cc1ccc(Cl)cc1-n1ncc2c(NCCc3ccccc3)ncnc21. The van der Waals surface area contributed by atoms with E-state index in [2.05, 4.69) is 44.6 Å². The van der Waals surface area contributed by atoms with E-state index in [9.17, 15) is 0 Å². The molecule has 0 amide bonds. The Hall–Kier alpha value is -2.92. The summed E-state index contributed by atoms with van der Waals surface area (Å²) in [6.07, 6.45) is 4.28. The molecule has 130 valence electrons. The summed E-state index contributed by atoms with van der Waals surface area (Å²) in [5.41, 5.74) is 4.04. The highest BCUT2D eigenvalue weighted by atomic mass is 35.5. The van der Waals surface area contributed by atoms with Gasteiger partial charge in [-0.1, -0.05) is 48.0 Å². The molecule has 0 aliphatic heterocycles. The molecule has 0 fully saturated rings. The van der Waals surface area contributed by atoms with Crippen LogP contribution in [0.2, 0.25) is 5.02 Å². The van der Waals surface area contributed by atoms with Crippen LogP contribution in [0.5, 0.6) is 0 Å². The van der Waals surface area contributed by atoms with Gasteiger partial charge in [-0.2, -0.15) is 5.10 Å². The van der Waals surface area contributed by atoms with Gasteiger partial charge < -0.3 is 5.32 Å². The van der Waals surface area contributed by atoms with Crippen LogP contribution in [0.15, 0.2) is 61.1 Å². The maximum atomic E-state index is 6.16. The number of nitrogens with zero attached hydrogens (tertiary/aromatic N) is 4. The second-order valence-corrected chi connectivity index (χ2v) is 6.55. The lowest BCUT2D eigenvalue weighted by molar-refractivity contribution is 0.887. The van der Waals surface area contributed by atoms with Gasteiger partial charge in [0.25, 0.3) is 0 Å². The van der Waals surface area contributed by atoms with E-state index < -0.39 is 0 Å². The lowest BCUT2D eigenvalue weighted by atomic mass is 10.1. The van der Waals surface area contributed by atoms with Crippen molar-refractivity contribution in [2.24, 2.45) is 0 Å². The summed E-state index contributed by atoms with van der Waals surface area (Å²) < 4.78 is 1.81. The normalized spacial score (nSPS) is 11.0. The number of halogens is 1. The zero-order chi connectivity index (χ0) is 17.9. The van der Waals surface area contributed by atoms with E-state index in [0.717, 1.165) is 41.1 Å². The van der Waals surface area contributed by atoms with Crippen molar-refractivity contribution in [2.45, 2.75) is 13.3 Å². The smallest absolute Gasteiger partial charge is 0.168 e. The van der Waals surface area contributed by atoms with Crippen LogP contribution in [0.4, 0.5) is 5.82 Å². The highest BCUT2D eigenvalue weighted by Gasteiger charge is 2.12. The van der Waals surface area contributed by atoms with Crippen molar-refractivity contribution < 1.29 is 0 Å². The third-order valence-corrected chi connectivity index (χ3v) is 4.55. The maximum absolute atomic E-state index is 6.16. The Morgan fingerprint density at radius 3 is 2.77 bits per heavy atom. The van der Waals surface area contributed by atoms with Gasteiger partial charge in [-0.15, -0.1) is 0 Å². The van der Waals surface area contributed by atoms with Gasteiger partial charge in [0.15, 0.2) is 5.65 Å². The number of aryl methyl sites for hydroxylation is 1. The molecule has 0 saturated heterocycles. The van der Waals surface area contributed by atoms with E-state index in [1.165, 1.54) is 5.56 Å². The van der Waals surface area contributed by atoms with Crippen LogP contribution < -0.4 is 5.32 Å². The van der Waals surface area contributed by atoms with Gasteiger partial charge in [0, 0.05) is 11.6 Å². The molecular formula is C20H18ClN5. The summed E-state index contributed by atoms with van der Waals surface area (Å²) in [4.78, 5) is 8.80. The van der Waals surface area contributed by atoms with Gasteiger partial charge in [0.2, 0.25) is 0 Å². The fourth-order valence-electron chi connectivity index (χ4n) is 2.94. The summed E-state index contributed by atoms with van der Waals surface area (Å²) in [6, 6.07) is 16.1. The molecule has 0 bridgehead atoms. The molecule has 2 heterocycles. The Bertz CT molecular complexity index is 1040.